The van der Waals surface area contributed by atoms with Crippen LogP contribution in [0.5, 0.6) is 5.75 Å². The monoisotopic (exact) mass is 290 g/mol. The molecule has 1 aromatic carbocycles. The number of hydrogen-bond donors (Lipinski definition) is 1. The van der Waals surface area contributed by atoms with E-state index in [1.54, 1.807) is 25.1 Å². The molecule has 0 spiro atoms. The quantitative estimate of drug-likeness (QED) is 0.835. The molecule has 0 aliphatic carbocycles. The van der Waals surface area contributed by atoms with Gasteiger partial charge < -0.3 is 20.1 Å². The molecule has 0 bridgehead atoms. The van der Waals surface area contributed by atoms with Crippen molar-refractivity contribution in [2.24, 2.45) is 5.73 Å². The minimum atomic E-state index is -0.685. The Morgan fingerprint density at radius 2 is 2.33 bits per heavy atom. The van der Waals surface area contributed by atoms with E-state index in [0.29, 0.717) is 18.9 Å². The molecular weight excluding hydrogens is 268 g/mol. The summed E-state index contributed by atoms with van der Waals surface area (Å²) in [6.45, 7) is 1.90. The van der Waals surface area contributed by atoms with Crippen LogP contribution in [0.1, 0.15) is 18.0 Å². The minimum absolute atomic E-state index is 0.116. The molecule has 1 aromatic rings. The Kier molecular flexibility index (Phi) is 5.36. The summed E-state index contributed by atoms with van der Waals surface area (Å²) in [5.74, 6) is 0.580. The maximum Gasteiger partial charge on any atom is 0.244 e. The lowest BCUT2D eigenvalue weighted by molar-refractivity contribution is -0.131. The Labute approximate surface area is 125 Å². The highest BCUT2D eigenvalue weighted by Crippen LogP contribution is 2.19. The Morgan fingerprint density at radius 1 is 1.52 bits per heavy atom. The second kappa shape index (κ2) is 7.24. The van der Waals surface area contributed by atoms with Crippen LogP contribution in [0.15, 0.2) is 35.9 Å². The van der Waals surface area contributed by atoms with Crippen LogP contribution < -0.4 is 10.5 Å². The van der Waals surface area contributed by atoms with Crippen molar-refractivity contribution in [1.82, 2.24) is 4.90 Å². The molecule has 5 nitrogen and oxygen atoms in total. The molecule has 2 rings (SSSR count). The van der Waals surface area contributed by atoms with Gasteiger partial charge in [-0.25, -0.2) is 0 Å². The van der Waals surface area contributed by atoms with E-state index in [-0.39, 0.29) is 5.91 Å². The second-order valence-corrected chi connectivity index (χ2v) is 5.15. The molecule has 1 unspecified atom stereocenters. The van der Waals surface area contributed by atoms with Gasteiger partial charge in [-0.1, -0.05) is 18.2 Å². The lowest BCUT2D eigenvalue weighted by atomic mass is 10.1. The van der Waals surface area contributed by atoms with Crippen LogP contribution in [0.4, 0.5) is 0 Å². The molecule has 0 saturated carbocycles. The van der Waals surface area contributed by atoms with Gasteiger partial charge in [-0.2, -0.15) is 0 Å². The molecule has 21 heavy (non-hydrogen) atoms. The predicted octanol–water partition coefficient (Wildman–Crippen LogP) is 1.50. The van der Waals surface area contributed by atoms with E-state index in [2.05, 4.69) is 6.08 Å². The van der Waals surface area contributed by atoms with Crippen LogP contribution in [0.2, 0.25) is 0 Å². The first-order valence-electron chi connectivity index (χ1n) is 7.02. The summed E-state index contributed by atoms with van der Waals surface area (Å²) >= 11 is 0. The normalized spacial score (nSPS) is 16.0. The molecule has 1 aliphatic rings. The molecule has 2 N–H and O–H groups in total. The van der Waals surface area contributed by atoms with Crippen molar-refractivity contribution >= 4 is 5.91 Å². The minimum Gasteiger partial charge on any atom is -0.497 e. The summed E-state index contributed by atoms with van der Waals surface area (Å²) in [4.78, 5) is 14.1. The molecule has 0 aromatic heterocycles. The Morgan fingerprint density at radius 3 is 3.00 bits per heavy atom. The van der Waals surface area contributed by atoms with Gasteiger partial charge in [0.05, 0.1) is 20.3 Å². The highest BCUT2D eigenvalue weighted by Gasteiger charge is 2.21. The number of likely N-dealkylation sites (N-methyl/N-ethyl adjacent to an activating group) is 1. The number of hydrogen-bond acceptors (Lipinski definition) is 4. The van der Waals surface area contributed by atoms with Gasteiger partial charge in [0.1, 0.15) is 11.8 Å². The Hall–Kier alpha value is -1.85. The highest BCUT2D eigenvalue weighted by atomic mass is 16.5. The van der Waals surface area contributed by atoms with Crippen molar-refractivity contribution in [3.05, 3.63) is 41.5 Å². The number of nitrogens with zero attached hydrogens (tertiary/aromatic N) is 1. The smallest absolute Gasteiger partial charge is 0.244 e. The van der Waals surface area contributed by atoms with Gasteiger partial charge in [0.25, 0.3) is 0 Å². The summed E-state index contributed by atoms with van der Waals surface area (Å²) in [6, 6.07) is 6.60. The average Bonchev–Trinajstić information content (AvgIpc) is 2.54. The topological polar surface area (TPSA) is 64.8 Å². The van der Waals surface area contributed by atoms with E-state index in [0.717, 1.165) is 24.2 Å². The molecule has 0 fully saturated rings. The van der Waals surface area contributed by atoms with Gasteiger partial charge in [-0.15, -0.1) is 0 Å². The van der Waals surface area contributed by atoms with E-state index in [1.807, 2.05) is 18.2 Å². The molecule has 1 amide bonds. The first kappa shape index (κ1) is 15.5. The van der Waals surface area contributed by atoms with E-state index in [9.17, 15) is 4.79 Å². The first-order chi connectivity index (χ1) is 10.1. The third kappa shape index (κ3) is 4.06. The summed E-state index contributed by atoms with van der Waals surface area (Å²) in [6.07, 6.45) is 3.03. The summed E-state index contributed by atoms with van der Waals surface area (Å²) in [5, 5.41) is 0. The SMILES string of the molecule is COc1cccc(C(N)C(=O)N(C)CC2=CCCOC2)c1. The summed E-state index contributed by atoms with van der Waals surface area (Å²) < 4.78 is 10.5. The second-order valence-electron chi connectivity index (χ2n) is 5.15. The lowest BCUT2D eigenvalue weighted by Crippen LogP contribution is -2.37. The number of amides is 1. The fourth-order valence-electron chi connectivity index (χ4n) is 2.32. The number of carbonyl (C=O) groups excluding carboxylic acids is 1. The molecule has 1 heterocycles. The zero-order chi connectivity index (χ0) is 15.2. The molecular formula is C16H22N2O3. The maximum atomic E-state index is 12.4. The van der Waals surface area contributed by atoms with Crippen molar-refractivity contribution in [2.45, 2.75) is 12.5 Å². The van der Waals surface area contributed by atoms with Crippen molar-refractivity contribution in [3.63, 3.8) is 0 Å². The van der Waals surface area contributed by atoms with Crippen LogP contribution in [0, 0.1) is 0 Å². The van der Waals surface area contributed by atoms with Crippen molar-refractivity contribution < 1.29 is 14.3 Å². The van der Waals surface area contributed by atoms with Crippen LogP contribution in [-0.2, 0) is 9.53 Å². The zero-order valence-corrected chi connectivity index (χ0v) is 12.5. The largest absolute Gasteiger partial charge is 0.497 e. The molecule has 1 aliphatic heterocycles. The number of ether oxygens (including phenoxy) is 2. The zero-order valence-electron chi connectivity index (χ0n) is 12.5. The fraction of sp³-hybridized carbons (Fsp3) is 0.438. The molecule has 0 radical (unpaired) electrons. The van der Waals surface area contributed by atoms with Gasteiger partial charge >= 0.3 is 0 Å². The van der Waals surface area contributed by atoms with Gasteiger partial charge in [0.15, 0.2) is 0 Å². The van der Waals surface area contributed by atoms with Gasteiger partial charge in [0.2, 0.25) is 5.91 Å². The van der Waals surface area contributed by atoms with E-state index >= 15 is 0 Å². The number of nitrogens with two attached hydrogens (primary N) is 1. The molecule has 5 heteroatoms. The van der Waals surface area contributed by atoms with Crippen molar-refractivity contribution in [2.75, 3.05) is 33.9 Å². The third-order valence-electron chi connectivity index (χ3n) is 3.52. The van der Waals surface area contributed by atoms with E-state index in [1.165, 1.54) is 0 Å². The van der Waals surface area contributed by atoms with Crippen molar-refractivity contribution in [1.29, 1.82) is 0 Å². The van der Waals surface area contributed by atoms with Crippen LogP contribution >= 0.6 is 0 Å². The van der Waals surface area contributed by atoms with Crippen LogP contribution in [0.3, 0.4) is 0 Å². The number of carbonyl (C=O) groups is 1. The van der Waals surface area contributed by atoms with E-state index < -0.39 is 6.04 Å². The Bertz CT molecular complexity index is 528. The summed E-state index contributed by atoms with van der Waals surface area (Å²) in [5.41, 5.74) is 7.94. The van der Waals surface area contributed by atoms with Crippen LogP contribution in [0.25, 0.3) is 0 Å². The highest BCUT2D eigenvalue weighted by molar-refractivity contribution is 5.83. The Balaban J connectivity index is 2.01. The third-order valence-corrected chi connectivity index (χ3v) is 3.52. The molecule has 1 atom stereocenters. The maximum absolute atomic E-state index is 12.4. The fourth-order valence-corrected chi connectivity index (χ4v) is 2.32. The first-order valence-corrected chi connectivity index (χ1v) is 7.02. The van der Waals surface area contributed by atoms with Gasteiger partial charge in [0, 0.05) is 13.6 Å². The molecule has 0 saturated heterocycles. The van der Waals surface area contributed by atoms with E-state index in [4.69, 9.17) is 15.2 Å². The van der Waals surface area contributed by atoms with Gasteiger partial charge in [-0.3, -0.25) is 4.79 Å². The van der Waals surface area contributed by atoms with Crippen LogP contribution in [-0.4, -0.2) is 44.7 Å². The average molecular weight is 290 g/mol. The lowest BCUT2D eigenvalue weighted by Gasteiger charge is -2.24. The summed E-state index contributed by atoms with van der Waals surface area (Å²) in [7, 11) is 3.35. The number of methoxy groups -OCH3 is 1. The van der Waals surface area contributed by atoms with Gasteiger partial charge in [-0.05, 0) is 29.7 Å². The number of benzene rings is 1. The molecule has 114 valence electrons. The standard InChI is InChI=1S/C16H22N2O3/c1-18(10-12-5-4-8-21-11-12)16(19)15(17)13-6-3-7-14(9-13)20-2/h3,5-7,9,15H,4,8,10-11,17H2,1-2H3. The van der Waals surface area contributed by atoms with Crippen molar-refractivity contribution in [3.8, 4) is 5.75 Å². The number of rotatable bonds is 5. The predicted molar refractivity (Wildman–Crippen MR) is 81.1 cm³/mol.